The molecule has 0 aliphatic carbocycles. The molecule has 1 aromatic rings. The Labute approximate surface area is 89.9 Å². The Morgan fingerprint density at radius 2 is 1.86 bits per heavy atom. The molecule has 0 spiro atoms. The zero-order chi connectivity index (χ0) is 10.6. The minimum atomic E-state index is -0.315. The van der Waals surface area contributed by atoms with Crippen molar-refractivity contribution in [3.8, 4) is 0 Å². The van der Waals surface area contributed by atoms with Gasteiger partial charge in [0, 0.05) is 17.6 Å². The number of benzene rings is 1. The van der Waals surface area contributed by atoms with E-state index in [2.05, 4.69) is 12.2 Å². The summed E-state index contributed by atoms with van der Waals surface area (Å²) in [5, 5.41) is 13.1. The molecule has 0 amide bonds. The third kappa shape index (κ3) is 3.66. The summed E-state index contributed by atoms with van der Waals surface area (Å²) >= 11 is 5.78. The highest BCUT2D eigenvalue weighted by molar-refractivity contribution is 6.30. The van der Waals surface area contributed by atoms with Crippen molar-refractivity contribution < 1.29 is 5.11 Å². The van der Waals surface area contributed by atoms with Crippen LogP contribution in [0.25, 0.3) is 0 Å². The second-order valence-electron chi connectivity index (χ2n) is 3.53. The average molecular weight is 214 g/mol. The van der Waals surface area contributed by atoms with E-state index in [4.69, 9.17) is 16.7 Å². The lowest BCUT2D eigenvalue weighted by molar-refractivity contribution is 0.187. The highest BCUT2D eigenvalue weighted by atomic mass is 35.5. The normalized spacial score (nSPS) is 15.1. The lowest BCUT2D eigenvalue weighted by Crippen LogP contribution is -2.27. The lowest BCUT2D eigenvalue weighted by atomic mass is 10.1. The summed E-state index contributed by atoms with van der Waals surface area (Å²) in [7, 11) is 0. The monoisotopic (exact) mass is 213 g/mol. The molecule has 0 heterocycles. The van der Waals surface area contributed by atoms with Crippen molar-refractivity contribution in [2.24, 2.45) is 0 Å². The fraction of sp³-hybridized carbons (Fsp3) is 0.455. The molecule has 0 bridgehead atoms. The first-order valence-electron chi connectivity index (χ1n) is 4.76. The SMILES string of the molecule is CC(NC[C@H](C)O)c1ccc(Cl)cc1. The number of hydrogen-bond acceptors (Lipinski definition) is 2. The van der Waals surface area contributed by atoms with Crippen LogP contribution in [-0.4, -0.2) is 17.8 Å². The molecule has 1 rings (SSSR count). The third-order valence-corrected chi connectivity index (χ3v) is 2.34. The topological polar surface area (TPSA) is 32.3 Å². The summed E-state index contributed by atoms with van der Waals surface area (Å²) in [4.78, 5) is 0. The first-order valence-corrected chi connectivity index (χ1v) is 5.14. The van der Waals surface area contributed by atoms with E-state index < -0.39 is 0 Å². The molecule has 0 saturated carbocycles. The molecule has 0 fully saturated rings. The first kappa shape index (κ1) is 11.5. The van der Waals surface area contributed by atoms with Gasteiger partial charge in [0.2, 0.25) is 0 Å². The summed E-state index contributed by atoms with van der Waals surface area (Å²) < 4.78 is 0. The summed E-state index contributed by atoms with van der Waals surface area (Å²) in [5.74, 6) is 0. The van der Waals surface area contributed by atoms with Gasteiger partial charge < -0.3 is 10.4 Å². The van der Waals surface area contributed by atoms with Gasteiger partial charge in [0.1, 0.15) is 0 Å². The van der Waals surface area contributed by atoms with Crippen molar-refractivity contribution in [2.45, 2.75) is 26.0 Å². The molecule has 0 saturated heterocycles. The maximum atomic E-state index is 9.11. The number of halogens is 1. The fourth-order valence-electron chi connectivity index (χ4n) is 1.22. The van der Waals surface area contributed by atoms with Gasteiger partial charge in [-0.1, -0.05) is 23.7 Å². The number of hydrogen-bond donors (Lipinski definition) is 2. The van der Waals surface area contributed by atoms with E-state index in [9.17, 15) is 0 Å². The maximum Gasteiger partial charge on any atom is 0.0636 e. The van der Waals surface area contributed by atoms with Crippen molar-refractivity contribution in [1.82, 2.24) is 5.32 Å². The van der Waals surface area contributed by atoms with Gasteiger partial charge in [0.25, 0.3) is 0 Å². The number of aliphatic hydroxyl groups is 1. The quantitative estimate of drug-likeness (QED) is 0.805. The first-order chi connectivity index (χ1) is 6.59. The largest absolute Gasteiger partial charge is 0.392 e. The van der Waals surface area contributed by atoms with E-state index >= 15 is 0 Å². The standard InChI is InChI=1S/C11H16ClNO/c1-8(14)7-13-9(2)10-3-5-11(12)6-4-10/h3-6,8-9,13-14H,7H2,1-2H3/t8-,9?/m0/s1. The molecule has 1 aromatic carbocycles. The van der Waals surface area contributed by atoms with Crippen LogP contribution in [0.1, 0.15) is 25.5 Å². The van der Waals surface area contributed by atoms with Crippen molar-refractivity contribution in [1.29, 1.82) is 0 Å². The van der Waals surface area contributed by atoms with Crippen LogP contribution in [0.5, 0.6) is 0 Å². The molecule has 78 valence electrons. The van der Waals surface area contributed by atoms with Crippen LogP contribution < -0.4 is 5.32 Å². The van der Waals surface area contributed by atoms with Crippen molar-refractivity contribution in [3.05, 3.63) is 34.9 Å². The second-order valence-corrected chi connectivity index (χ2v) is 3.97. The van der Waals surface area contributed by atoms with Gasteiger partial charge in [-0.2, -0.15) is 0 Å². The predicted octanol–water partition coefficient (Wildman–Crippen LogP) is 2.37. The molecule has 3 heteroatoms. The minimum absolute atomic E-state index is 0.238. The van der Waals surface area contributed by atoms with Crippen LogP contribution in [0.4, 0.5) is 0 Å². The summed E-state index contributed by atoms with van der Waals surface area (Å²) in [6.45, 7) is 4.43. The Kier molecular flexibility index (Phi) is 4.39. The van der Waals surface area contributed by atoms with Gasteiger partial charge in [0.15, 0.2) is 0 Å². The molecule has 0 radical (unpaired) electrons. The summed E-state index contributed by atoms with van der Waals surface area (Å²) in [6.07, 6.45) is -0.315. The van der Waals surface area contributed by atoms with Crippen LogP contribution in [0.3, 0.4) is 0 Å². The van der Waals surface area contributed by atoms with Gasteiger partial charge >= 0.3 is 0 Å². The van der Waals surface area contributed by atoms with E-state index in [-0.39, 0.29) is 12.1 Å². The maximum absolute atomic E-state index is 9.11. The molecule has 0 aromatic heterocycles. The van der Waals surface area contributed by atoms with Crippen LogP contribution in [0.2, 0.25) is 5.02 Å². The summed E-state index contributed by atoms with van der Waals surface area (Å²) in [5.41, 5.74) is 1.18. The van der Waals surface area contributed by atoms with Gasteiger partial charge in [-0.3, -0.25) is 0 Å². The third-order valence-electron chi connectivity index (χ3n) is 2.09. The van der Waals surface area contributed by atoms with E-state index in [0.717, 1.165) is 5.02 Å². The van der Waals surface area contributed by atoms with Crippen LogP contribution in [0.15, 0.2) is 24.3 Å². The van der Waals surface area contributed by atoms with Crippen LogP contribution >= 0.6 is 11.6 Å². The zero-order valence-corrected chi connectivity index (χ0v) is 9.25. The molecular weight excluding hydrogens is 198 g/mol. The molecule has 0 aliphatic rings. The fourth-order valence-corrected chi connectivity index (χ4v) is 1.34. The van der Waals surface area contributed by atoms with Gasteiger partial charge in [-0.15, -0.1) is 0 Å². The van der Waals surface area contributed by atoms with E-state index in [1.54, 1.807) is 6.92 Å². The lowest BCUT2D eigenvalue weighted by Gasteiger charge is -2.15. The van der Waals surface area contributed by atoms with E-state index in [1.807, 2.05) is 24.3 Å². The Balaban J connectivity index is 2.52. The molecule has 0 aliphatic heterocycles. The number of rotatable bonds is 4. The number of aliphatic hydroxyl groups excluding tert-OH is 1. The highest BCUT2D eigenvalue weighted by Gasteiger charge is 2.05. The molecule has 2 atom stereocenters. The van der Waals surface area contributed by atoms with Crippen LogP contribution in [-0.2, 0) is 0 Å². The van der Waals surface area contributed by atoms with Crippen molar-refractivity contribution in [2.75, 3.05) is 6.54 Å². The second kappa shape index (κ2) is 5.35. The van der Waals surface area contributed by atoms with Gasteiger partial charge in [-0.05, 0) is 31.5 Å². The molecule has 1 unspecified atom stereocenters. The molecule has 14 heavy (non-hydrogen) atoms. The Morgan fingerprint density at radius 3 is 2.36 bits per heavy atom. The Morgan fingerprint density at radius 1 is 1.29 bits per heavy atom. The average Bonchev–Trinajstić information content (AvgIpc) is 2.15. The van der Waals surface area contributed by atoms with Gasteiger partial charge in [-0.25, -0.2) is 0 Å². The summed E-state index contributed by atoms with van der Waals surface area (Å²) in [6, 6.07) is 7.96. The van der Waals surface area contributed by atoms with Crippen molar-refractivity contribution in [3.63, 3.8) is 0 Å². The Bertz CT molecular complexity index is 271. The Hall–Kier alpha value is -0.570. The smallest absolute Gasteiger partial charge is 0.0636 e. The van der Waals surface area contributed by atoms with E-state index in [1.165, 1.54) is 5.56 Å². The highest BCUT2D eigenvalue weighted by Crippen LogP contribution is 2.15. The van der Waals surface area contributed by atoms with Gasteiger partial charge in [0.05, 0.1) is 6.10 Å². The van der Waals surface area contributed by atoms with Crippen LogP contribution in [0, 0.1) is 0 Å². The number of nitrogens with one attached hydrogen (secondary N) is 1. The minimum Gasteiger partial charge on any atom is -0.392 e. The van der Waals surface area contributed by atoms with Crippen molar-refractivity contribution >= 4 is 11.6 Å². The zero-order valence-electron chi connectivity index (χ0n) is 8.50. The predicted molar refractivity (Wildman–Crippen MR) is 59.6 cm³/mol. The van der Waals surface area contributed by atoms with E-state index in [0.29, 0.717) is 6.54 Å². The molecular formula is C11H16ClNO. The molecule has 2 nitrogen and oxygen atoms in total. The molecule has 2 N–H and O–H groups in total.